The van der Waals surface area contributed by atoms with Gasteiger partial charge in [-0.25, -0.2) is 4.98 Å². The molecular weight excluding hydrogens is 254 g/mol. The Balaban J connectivity index is 1.64. The lowest BCUT2D eigenvalue weighted by atomic mass is 9.48. The second-order valence-electron chi connectivity index (χ2n) is 7.22. The normalized spacial score (nSPS) is 39.7. The van der Waals surface area contributed by atoms with Crippen LogP contribution in [0.4, 0.5) is 5.82 Å². The maximum atomic E-state index is 6.09. The molecule has 4 saturated carbocycles. The standard InChI is InChI=1S/C15H21N3S/c16-13-12(8-17-14(19)18-13)7-15-4-9-1-10(5-15)3-11(2-9)6-15/h8-11H,1-7H2,(H3,16,17,18,19). The van der Waals surface area contributed by atoms with Gasteiger partial charge in [0, 0.05) is 11.8 Å². The number of anilines is 1. The molecule has 1 heterocycles. The number of H-pyrrole nitrogens is 1. The molecule has 102 valence electrons. The van der Waals surface area contributed by atoms with Crippen molar-refractivity contribution < 1.29 is 0 Å². The van der Waals surface area contributed by atoms with Crippen LogP contribution in [-0.4, -0.2) is 9.97 Å². The third-order valence-electron chi connectivity index (χ3n) is 5.66. The maximum Gasteiger partial charge on any atom is 0.198 e. The van der Waals surface area contributed by atoms with E-state index in [9.17, 15) is 0 Å². The van der Waals surface area contributed by atoms with Crippen molar-refractivity contribution in [2.45, 2.75) is 44.9 Å². The zero-order valence-electron chi connectivity index (χ0n) is 11.2. The van der Waals surface area contributed by atoms with E-state index in [-0.39, 0.29) is 0 Å². The molecule has 0 aromatic carbocycles. The molecule has 19 heavy (non-hydrogen) atoms. The largest absolute Gasteiger partial charge is 0.385 e. The molecule has 1 aromatic rings. The molecule has 4 heteroatoms. The first-order valence-electron chi connectivity index (χ1n) is 7.46. The second-order valence-corrected chi connectivity index (χ2v) is 7.61. The van der Waals surface area contributed by atoms with E-state index in [0.717, 1.165) is 30.0 Å². The van der Waals surface area contributed by atoms with E-state index >= 15 is 0 Å². The van der Waals surface area contributed by atoms with E-state index in [1.807, 2.05) is 6.20 Å². The van der Waals surface area contributed by atoms with Crippen molar-refractivity contribution in [3.05, 3.63) is 16.5 Å². The van der Waals surface area contributed by atoms with Crippen LogP contribution < -0.4 is 5.73 Å². The number of rotatable bonds is 2. The van der Waals surface area contributed by atoms with Gasteiger partial charge in [-0.2, -0.15) is 0 Å². The van der Waals surface area contributed by atoms with Crippen LogP contribution in [0.1, 0.15) is 44.1 Å². The highest BCUT2D eigenvalue weighted by atomic mass is 32.1. The number of nitrogen functional groups attached to an aromatic ring is 1. The minimum atomic E-state index is 0.492. The predicted molar refractivity (Wildman–Crippen MR) is 78.1 cm³/mol. The average molecular weight is 275 g/mol. The quantitative estimate of drug-likeness (QED) is 0.812. The molecule has 4 aliphatic rings. The Morgan fingerprint density at radius 2 is 1.79 bits per heavy atom. The highest BCUT2D eigenvalue weighted by molar-refractivity contribution is 7.71. The van der Waals surface area contributed by atoms with E-state index < -0.39 is 0 Å². The summed E-state index contributed by atoms with van der Waals surface area (Å²) in [6, 6.07) is 0. The van der Waals surface area contributed by atoms with Crippen LogP contribution in [-0.2, 0) is 6.42 Å². The zero-order chi connectivity index (χ0) is 13.0. The minimum Gasteiger partial charge on any atom is -0.385 e. The van der Waals surface area contributed by atoms with Gasteiger partial charge in [0.05, 0.1) is 0 Å². The molecule has 0 spiro atoms. The molecule has 4 aliphatic carbocycles. The smallest absolute Gasteiger partial charge is 0.198 e. The van der Waals surface area contributed by atoms with Gasteiger partial charge >= 0.3 is 0 Å². The summed E-state index contributed by atoms with van der Waals surface area (Å²) in [6.07, 6.45) is 11.7. The molecule has 0 aliphatic heterocycles. The van der Waals surface area contributed by atoms with Crippen LogP contribution >= 0.6 is 12.2 Å². The first-order chi connectivity index (χ1) is 9.12. The third-order valence-corrected chi connectivity index (χ3v) is 5.86. The lowest BCUT2D eigenvalue weighted by Gasteiger charge is -2.57. The second kappa shape index (κ2) is 4.05. The number of aromatic amines is 1. The van der Waals surface area contributed by atoms with Crippen molar-refractivity contribution in [1.29, 1.82) is 0 Å². The Hall–Kier alpha value is -0.900. The van der Waals surface area contributed by atoms with Crippen LogP contribution in [0.15, 0.2) is 6.20 Å². The van der Waals surface area contributed by atoms with Gasteiger partial charge in [0.2, 0.25) is 0 Å². The molecule has 0 amide bonds. The van der Waals surface area contributed by atoms with Gasteiger partial charge in [0.1, 0.15) is 5.82 Å². The molecule has 3 nitrogen and oxygen atoms in total. The van der Waals surface area contributed by atoms with Gasteiger partial charge in [-0.05, 0) is 80.3 Å². The molecule has 0 unspecified atom stereocenters. The fourth-order valence-corrected chi connectivity index (χ4v) is 5.65. The van der Waals surface area contributed by atoms with Gasteiger partial charge in [0.25, 0.3) is 0 Å². The molecular formula is C15H21N3S. The summed E-state index contributed by atoms with van der Waals surface area (Å²) in [7, 11) is 0. The molecule has 1 aromatic heterocycles. The number of nitrogens with one attached hydrogen (secondary N) is 1. The molecule has 4 fully saturated rings. The van der Waals surface area contributed by atoms with E-state index in [0.29, 0.717) is 10.2 Å². The molecule has 0 saturated heterocycles. The number of nitrogens with two attached hydrogens (primary N) is 1. The summed E-state index contributed by atoms with van der Waals surface area (Å²) in [5.74, 6) is 3.70. The zero-order valence-corrected chi connectivity index (χ0v) is 12.0. The Kier molecular flexibility index (Phi) is 2.53. The van der Waals surface area contributed by atoms with Crippen LogP contribution in [0.25, 0.3) is 0 Å². The number of hydrogen-bond acceptors (Lipinski definition) is 3. The molecule has 0 radical (unpaired) electrons. The predicted octanol–water partition coefficient (Wildman–Crippen LogP) is 3.48. The first kappa shape index (κ1) is 11.9. The van der Waals surface area contributed by atoms with E-state index in [1.165, 1.54) is 44.1 Å². The van der Waals surface area contributed by atoms with E-state index in [2.05, 4.69) is 9.97 Å². The van der Waals surface area contributed by atoms with Gasteiger partial charge in [-0.1, -0.05) is 0 Å². The summed E-state index contributed by atoms with van der Waals surface area (Å²) in [4.78, 5) is 7.22. The van der Waals surface area contributed by atoms with Crippen molar-refractivity contribution in [3.8, 4) is 0 Å². The van der Waals surface area contributed by atoms with Crippen LogP contribution in [0.3, 0.4) is 0 Å². The Bertz CT molecular complexity index is 527. The summed E-state index contributed by atoms with van der Waals surface area (Å²) in [5.41, 5.74) is 7.78. The van der Waals surface area contributed by atoms with Crippen LogP contribution in [0.5, 0.6) is 0 Å². The molecule has 3 N–H and O–H groups in total. The summed E-state index contributed by atoms with van der Waals surface area (Å²) >= 11 is 5.03. The van der Waals surface area contributed by atoms with Crippen LogP contribution in [0.2, 0.25) is 0 Å². The lowest BCUT2D eigenvalue weighted by molar-refractivity contribution is -0.0521. The van der Waals surface area contributed by atoms with Crippen LogP contribution in [0, 0.1) is 27.9 Å². The van der Waals surface area contributed by atoms with Crippen molar-refractivity contribution in [3.63, 3.8) is 0 Å². The lowest BCUT2D eigenvalue weighted by Crippen LogP contribution is -2.47. The molecule has 4 bridgehead atoms. The fourth-order valence-electron chi connectivity index (χ4n) is 5.49. The fraction of sp³-hybridized carbons (Fsp3) is 0.733. The first-order valence-corrected chi connectivity index (χ1v) is 7.86. The van der Waals surface area contributed by atoms with Gasteiger partial charge in [-0.3, -0.25) is 0 Å². The third kappa shape index (κ3) is 2.00. The minimum absolute atomic E-state index is 0.492. The average Bonchev–Trinajstić information content (AvgIpc) is 2.31. The summed E-state index contributed by atoms with van der Waals surface area (Å²) in [6.45, 7) is 0. The molecule has 0 atom stereocenters. The topological polar surface area (TPSA) is 54.7 Å². The van der Waals surface area contributed by atoms with Gasteiger partial charge in [-0.15, -0.1) is 0 Å². The maximum absolute atomic E-state index is 6.09. The Morgan fingerprint density at radius 1 is 1.21 bits per heavy atom. The summed E-state index contributed by atoms with van der Waals surface area (Å²) in [5, 5.41) is 0. The Morgan fingerprint density at radius 3 is 2.32 bits per heavy atom. The van der Waals surface area contributed by atoms with E-state index in [4.69, 9.17) is 18.0 Å². The number of aromatic nitrogens is 2. The van der Waals surface area contributed by atoms with Crippen molar-refractivity contribution >= 4 is 18.0 Å². The SMILES string of the molecule is Nc1[nH]c(=S)ncc1CC12CC3CC(CC(C3)C1)C2. The Labute approximate surface area is 119 Å². The van der Waals surface area contributed by atoms with Gasteiger partial charge in [0.15, 0.2) is 4.77 Å². The number of nitrogens with zero attached hydrogens (tertiary/aromatic N) is 1. The highest BCUT2D eigenvalue weighted by Gasteiger charge is 2.50. The van der Waals surface area contributed by atoms with Crippen molar-refractivity contribution in [2.75, 3.05) is 5.73 Å². The number of hydrogen-bond donors (Lipinski definition) is 2. The highest BCUT2D eigenvalue weighted by Crippen LogP contribution is 2.61. The van der Waals surface area contributed by atoms with Crippen molar-refractivity contribution in [2.24, 2.45) is 23.2 Å². The molecule has 5 rings (SSSR count). The van der Waals surface area contributed by atoms with Crippen molar-refractivity contribution in [1.82, 2.24) is 9.97 Å². The van der Waals surface area contributed by atoms with Gasteiger partial charge < -0.3 is 10.7 Å². The summed E-state index contributed by atoms with van der Waals surface area (Å²) < 4.78 is 0.492. The van der Waals surface area contributed by atoms with E-state index in [1.54, 1.807) is 0 Å². The monoisotopic (exact) mass is 275 g/mol.